The summed E-state index contributed by atoms with van der Waals surface area (Å²) in [6, 6.07) is 20.0. The van der Waals surface area contributed by atoms with Crippen LogP contribution in [0.25, 0.3) is 0 Å². The van der Waals surface area contributed by atoms with Crippen molar-refractivity contribution < 1.29 is 4.79 Å². The molecule has 0 atom stereocenters. The van der Waals surface area contributed by atoms with E-state index in [1.165, 1.54) is 0 Å². The summed E-state index contributed by atoms with van der Waals surface area (Å²) in [6.07, 6.45) is 0.455. The third-order valence-electron chi connectivity index (χ3n) is 2.90. The summed E-state index contributed by atoms with van der Waals surface area (Å²) in [4.78, 5) is 16.3. The first kappa shape index (κ1) is 15.6. The van der Waals surface area contributed by atoms with Gasteiger partial charge in [-0.2, -0.15) is 4.36 Å². The molecule has 0 radical (unpaired) electrons. The molecular weight excluding hydrogens is 280 g/mol. The van der Waals surface area contributed by atoms with Crippen LogP contribution in [-0.4, -0.2) is 31.4 Å². The predicted octanol–water partition coefficient (Wildman–Crippen LogP) is 3.38. The molecule has 0 aliphatic heterocycles. The van der Waals surface area contributed by atoms with Crippen LogP contribution in [0.1, 0.15) is 6.42 Å². The van der Waals surface area contributed by atoms with E-state index >= 15 is 0 Å². The van der Waals surface area contributed by atoms with Gasteiger partial charge in [0.05, 0.1) is 0 Å². The van der Waals surface area contributed by atoms with Crippen molar-refractivity contribution in [1.82, 2.24) is 4.90 Å². The number of hydrogen-bond acceptors (Lipinski definition) is 2. The quantitative estimate of drug-likeness (QED) is 0.848. The Morgan fingerprint density at radius 2 is 1.43 bits per heavy atom. The first-order valence-electron chi connectivity index (χ1n) is 6.90. The SMILES string of the molecule is CN(C)CCC(=O)N=S(c1ccccc1)c1ccccc1. The van der Waals surface area contributed by atoms with E-state index in [0.717, 1.165) is 16.3 Å². The standard InChI is InChI=1S/C17H20N2OS/c1-19(2)14-13-17(20)18-21(15-9-5-3-6-10-15)16-11-7-4-8-12-16/h3-12H,13-14H2,1-2H3. The second-order valence-corrected chi connectivity index (χ2v) is 6.64. The van der Waals surface area contributed by atoms with Gasteiger partial charge in [-0.25, -0.2) is 0 Å². The molecule has 0 heterocycles. The highest BCUT2D eigenvalue weighted by atomic mass is 32.2. The Kier molecular flexibility index (Phi) is 5.84. The normalized spacial score (nSPS) is 10.9. The summed E-state index contributed by atoms with van der Waals surface area (Å²) < 4.78 is 4.45. The minimum absolute atomic E-state index is 0.0419. The van der Waals surface area contributed by atoms with E-state index in [1.54, 1.807) is 0 Å². The first-order valence-corrected chi connectivity index (χ1v) is 8.09. The van der Waals surface area contributed by atoms with Crippen LogP contribution >= 0.6 is 0 Å². The lowest BCUT2D eigenvalue weighted by molar-refractivity contribution is -0.117. The Morgan fingerprint density at radius 3 is 1.86 bits per heavy atom. The van der Waals surface area contributed by atoms with E-state index in [2.05, 4.69) is 4.36 Å². The average molecular weight is 300 g/mol. The van der Waals surface area contributed by atoms with Gasteiger partial charge in [0.25, 0.3) is 5.91 Å². The third kappa shape index (κ3) is 4.92. The zero-order chi connectivity index (χ0) is 15.1. The van der Waals surface area contributed by atoms with Crippen LogP contribution in [0.4, 0.5) is 0 Å². The monoisotopic (exact) mass is 300 g/mol. The smallest absolute Gasteiger partial charge is 0.253 e. The molecule has 2 rings (SSSR count). The van der Waals surface area contributed by atoms with Crippen LogP contribution in [0.2, 0.25) is 0 Å². The van der Waals surface area contributed by atoms with Crippen molar-refractivity contribution >= 4 is 16.6 Å². The van der Waals surface area contributed by atoms with E-state index in [-0.39, 0.29) is 5.91 Å². The van der Waals surface area contributed by atoms with Gasteiger partial charge in [-0.15, -0.1) is 0 Å². The molecule has 0 aliphatic carbocycles. The van der Waals surface area contributed by atoms with E-state index in [0.29, 0.717) is 6.42 Å². The van der Waals surface area contributed by atoms with Gasteiger partial charge in [-0.1, -0.05) is 36.4 Å². The van der Waals surface area contributed by atoms with Gasteiger partial charge < -0.3 is 4.90 Å². The number of amides is 1. The number of nitrogens with zero attached hydrogens (tertiary/aromatic N) is 2. The summed E-state index contributed by atoms with van der Waals surface area (Å²) >= 11 is 0. The molecule has 0 bridgehead atoms. The molecule has 4 heteroatoms. The van der Waals surface area contributed by atoms with Crippen molar-refractivity contribution in [2.75, 3.05) is 20.6 Å². The Hall–Kier alpha value is -1.78. The van der Waals surface area contributed by atoms with Gasteiger partial charge in [-0.05, 0) is 49.1 Å². The fraction of sp³-hybridized carbons (Fsp3) is 0.235. The molecule has 0 fully saturated rings. The first-order chi connectivity index (χ1) is 10.2. The molecule has 1 amide bonds. The maximum absolute atomic E-state index is 12.1. The van der Waals surface area contributed by atoms with Crippen LogP contribution in [0.5, 0.6) is 0 Å². The minimum Gasteiger partial charge on any atom is -0.309 e. The number of carbonyl (C=O) groups is 1. The van der Waals surface area contributed by atoms with E-state index in [9.17, 15) is 4.79 Å². The van der Waals surface area contributed by atoms with Crippen molar-refractivity contribution in [3.05, 3.63) is 60.7 Å². The largest absolute Gasteiger partial charge is 0.309 e. The molecule has 2 aromatic rings. The fourth-order valence-corrected chi connectivity index (χ4v) is 3.41. The Labute approximate surface area is 128 Å². The molecular formula is C17H20N2OS. The molecule has 0 saturated heterocycles. The highest BCUT2D eigenvalue weighted by molar-refractivity contribution is 7.87. The summed E-state index contributed by atoms with van der Waals surface area (Å²) in [7, 11) is 3.38. The van der Waals surface area contributed by atoms with Crippen molar-refractivity contribution in [2.24, 2.45) is 4.36 Å². The molecule has 0 N–H and O–H groups in total. The lowest BCUT2D eigenvalue weighted by atomic mass is 10.4. The summed E-state index contributed by atoms with van der Waals surface area (Å²) in [5, 5.41) is 0. The average Bonchev–Trinajstić information content (AvgIpc) is 2.52. The van der Waals surface area contributed by atoms with Gasteiger partial charge in [-0.3, -0.25) is 4.79 Å². The second-order valence-electron chi connectivity index (χ2n) is 4.95. The summed E-state index contributed by atoms with van der Waals surface area (Å²) in [6.45, 7) is 0.725. The fourth-order valence-electron chi connectivity index (χ4n) is 1.81. The molecule has 0 spiro atoms. The van der Waals surface area contributed by atoms with Gasteiger partial charge in [0.2, 0.25) is 0 Å². The van der Waals surface area contributed by atoms with E-state index in [4.69, 9.17) is 0 Å². The van der Waals surface area contributed by atoms with Crippen LogP contribution in [-0.2, 0) is 15.5 Å². The van der Waals surface area contributed by atoms with Crippen LogP contribution in [0.3, 0.4) is 0 Å². The molecule has 0 unspecified atom stereocenters. The molecule has 21 heavy (non-hydrogen) atoms. The van der Waals surface area contributed by atoms with Gasteiger partial charge >= 0.3 is 0 Å². The Bertz CT molecular complexity index is 568. The van der Waals surface area contributed by atoms with Gasteiger partial charge in [0.1, 0.15) is 0 Å². The zero-order valence-electron chi connectivity index (χ0n) is 12.4. The summed E-state index contributed by atoms with van der Waals surface area (Å²) in [5.41, 5.74) is 0. The van der Waals surface area contributed by atoms with E-state index in [1.807, 2.05) is 79.7 Å². The van der Waals surface area contributed by atoms with Crippen LogP contribution in [0, 0.1) is 0 Å². The lowest BCUT2D eigenvalue weighted by Gasteiger charge is -2.10. The molecule has 0 saturated carbocycles. The maximum atomic E-state index is 12.1. The highest BCUT2D eigenvalue weighted by Gasteiger charge is 2.08. The van der Waals surface area contributed by atoms with Crippen LogP contribution in [0.15, 0.2) is 74.8 Å². The minimum atomic E-state index is -0.539. The maximum Gasteiger partial charge on any atom is 0.253 e. The van der Waals surface area contributed by atoms with Gasteiger partial charge in [0.15, 0.2) is 0 Å². The summed E-state index contributed by atoms with van der Waals surface area (Å²) in [5.74, 6) is -0.0419. The number of carbonyl (C=O) groups excluding carboxylic acids is 1. The molecule has 110 valence electrons. The number of rotatable bonds is 5. The van der Waals surface area contributed by atoms with Gasteiger partial charge in [0, 0.05) is 22.8 Å². The molecule has 0 aliphatic rings. The van der Waals surface area contributed by atoms with Crippen LogP contribution < -0.4 is 0 Å². The lowest BCUT2D eigenvalue weighted by Crippen LogP contribution is -2.16. The number of benzene rings is 2. The van der Waals surface area contributed by atoms with Crippen molar-refractivity contribution in [3.63, 3.8) is 0 Å². The topological polar surface area (TPSA) is 32.7 Å². The molecule has 3 nitrogen and oxygen atoms in total. The highest BCUT2D eigenvalue weighted by Crippen LogP contribution is 2.18. The molecule has 2 aromatic carbocycles. The van der Waals surface area contributed by atoms with Crippen molar-refractivity contribution in [3.8, 4) is 0 Å². The Balaban J connectivity index is 2.31. The number of hydrogen-bond donors (Lipinski definition) is 0. The third-order valence-corrected chi connectivity index (χ3v) is 4.72. The predicted molar refractivity (Wildman–Crippen MR) is 87.4 cm³/mol. The zero-order valence-corrected chi connectivity index (χ0v) is 13.2. The van der Waals surface area contributed by atoms with E-state index < -0.39 is 10.7 Å². The Morgan fingerprint density at radius 1 is 0.952 bits per heavy atom. The second kappa shape index (κ2) is 7.86. The van der Waals surface area contributed by atoms with Crippen molar-refractivity contribution in [2.45, 2.75) is 16.2 Å². The molecule has 0 aromatic heterocycles. The van der Waals surface area contributed by atoms with Crippen molar-refractivity contribution in [1.29, 1.82) is 0 Å².